The number of aryl methyl sites for hydroxylation is 1. The number of ether oxygens (including phenoxy) is 3. The van der Waals surface area contributed by atoms with E-state index in [9.17, 15) is 9.18 Å². The molecule has 212 valence electrons. The van der Waals surface area contributed by atoms with Crippen LogP contribution in [-0.4, -0.2) is 59.6 Å². The molecule has 7 rings (SSSR count). The van der Waals surface area contributed by atoms with Crippen LogP contribution >= 0.6 is 0 Å². The molecule has 0 radical (unpaired) electrons. The van der Waals surface area contributed by atoms with Crippen LogP contribution in [0.2, 0.25) is 0 Å². The fourth-order valence-electron chi connectivity index (χ4n) is 5.58. The molecular formula is C32H33FN4O4. The average molecular weight is 557 g/mol. The van der Waals surface area contributed by atoms with Gasteiger partial charge < -0.3 is 19.1 Å². The molecule has 2 aromatic heterocycles. The summed E-state index contributed by atoms with van der Waals surface area (Å²) < 4.78 is 33.6. The second-order valence-electron chi connectivity index (χ2n) is 10.8. The maximum Gasteiger partial charge on any atom is 0.310 e. The first-order chi connectivity index (χ1) is 19.8. The number of nitrogens with zero attached hydrogens (tertiary/aromatic N) is 4. The highest BCUT2D eigenvalue weighted by Crippen LogP contribution is 2.36. The monoisotopic (exact) mass is 556 g/mol. The van der Waals surface area contributed by atoms with E-state index < -0.39 is 0 Å². The summed E-state index contributed by atoms with van der Waals surface area (Å²) in [6.45, 7) is 6.34. The molecule has 6 bridgehead atoms. The highest BCUT2D eigenvalue weighted by molar-refractivity contribution is 5.78. The van der Waals surface area contributed by atoms with Crippen molar-refractivity contribution in [1.29, 1.82) is 0 Å². The zero-order valence-corrected chi connectivity index (χ0v) is 23.5. The molecule has 0 aliphatic carbocycles. The Balaban J connectivity index is 1.52. The standard InChI is InChI=1S/C32H33FN4O4/c1-21-25(19-30(38)39-3)31-36-13-11-32(2,12-14-36)41-16-5-4-15-40-28-10-9-24(33)18-26(28)22-7-6-8-23(17-22)27-20-29(34-21)37(31)35-27/h4-10,17-18,20H,11-16,19H2,1-3H3/b5-4-. The van der Waals surface area contributed by atoms with Crippen LogP contribution in [-0.2, 0) is 20.7 Å². The van der Waals surface area contributed by atoms with Crippen molar-refractivity contribution < 1.29 is 23.4 Å². The average Bonchev–Trinajstić information content (AvgIpc) is 3.39. The Bertz CT molecular complexity index is 1640. The van der Waals surface area contributed by atoms with Gasteiger partial charge >= 0.3 is 5.97 Å². The van der Waals surface area contributed by atoms with Crippen LogP contribution in [0.25, 0.3) is 28.0 Å². The van der Waals surface area contributed by atoms with Gasteiger partial charge in [0.05, 0.1) is 31.4 Å². The molecule has 1 saturated heterocycles. The second kappa shape index (κ2) is 11.0. The molecule has 0 unspecified atom stereocenters. The Morgan fingerprint density at radius 1 is 1.07 bits per heavy atom. The van der Waals surface area contributed by atoms with Crippen molar-refractivity contribution in [2.24, 2.45) is 0 Å². The number of fused-ring (bicyclic) bond motifs is 6. The summed E-state index contributed by atoms with van der Waals surface area (Å²) in [4.78, 5) is 19.5. The number of anilines is 1. The van der Waals surface area contributed by atoms with E-state index in [0.717, 1.165) is 59.8 Å². The van der Waals surface area contributed by atoms with Gasteiger partial charge in [-0.25, -0.2) is 9.37 Å². The van der Waals surface area contributed by atoms with Crippen molar-refractivity contribution in [3.63, 3.8) is 0 Å². The molecule has 0 N–H and O–H groups in total. The van der Waals surface area contributed by atoms with Gasteiger partial charge in [0, 0.05) is 41.5 Å². The molecule has 4 aromatic rings. The number of methoxy groups -OCH3 is 1. The lowest BCUT2D eigenvalue weighted by Crippen LogP contribution is -2.45. The molecule has 0 amide bonds. The first-order valence-electron chi connectivity index (χ1n) is 13.9. The van der Waals surface area contributed by atoms with Gasteiger partial charge in [-0.2, -0.15) is 9.61 Å². The molecule has 3 aliphatic heterocycles. The van der Waals surface area contributed by atoms with Gasteiger partial charge in [0.2, 0.25) is 0 Å². The Kier molecular flexibility index (Phi) is 7.21. The van der Waals surface area contributed by atoms with Gasteiger partial charge in [-0.1, -0.05) is 24.3 Å². The molecule has 0 atom stereocenters. The highest BCUT2D eigenvalue weighted by Gasteiger charge is 2.33. The van der Waals surface area contributed by atoms with Crippen LogP contribution in [0, 0.1) is 12.7 Å². The van der Waals surface area contributed by atoms with E-state index in [4.69, 9.17) is 24.3 Å². The predicted molar refractivity (Wildman–Crippen MR) is 155 cm³/mol. The topological polar surface area (TPSA) is 78.2 Å². The van der Waals surface area contributed by atoms with E-state index in [1.165, 1.54) is 19.2 Å². The summed E-state index contributed by atoms with van der Waals surface area (Å²) in [7, 11) is 1.40. The third-order valence-electron chi connectivity index (χ3n) is 7.99. The number of piperidine rings is 1. The molecule has 0 saturated carbocycles. The Morgan fingerprint density at radius 2 is 1.85 bits per heavy atom. The molecule has 9 heteroatoms. The summed E-state index contributed by atoms with van der Waals surface area (Å²) in [6, 6.07) is 14.3. The Morgan fingerprint density at radius 3 is 2.66 bits per heavy atom. The fraction of sp³-hybridized carbons (Fsp3) is 0.344. The molecule has 1 fully saturated rings. The molecule has 2 aromatic carbocycles. The first-order valence-corrected chi connectivity index (χ1v) is 13.9. The lowest BCUT2D eigenvalue weighted by Gasteiger charge is -2.40. The maximum absolute atomic E-state index is 14.4. The van der Waals surface area contributed by atoms with Gasteiger partial charge in [0.25, 0.3) is 0 Å². The lowest BCUT2D eigenvalue weighted by atomic mass is 9.93. The number of carbonyl (C=O) groups is 1. The molecule has 8 nitrogen and oxygen atoms in total. The SMILES string of the molecule is COC(=O)Cc1c(C)nc2cc3nn2c1N1CCC(C)(CC1)OC/C=C\COc1ccc(F)cc1-c1cccc-3c1. The quantitative estimate of drug-likeness (QED) is 0.237. The van der Waals surface area contributed by atoms with E-state index in [2.05, 4.69) is 11.8 Å². The molecule has 3 aliphatic rings. The van der Waals surface area contributed by atoms with E-state index in [-0.39, 0.29) is 23.8 Å². The largest absolute Gasteiger partial charge is 0.489 e. The second-order valence-corrected chi connectivity index (χ2v) is 10.8. The van der Waals surface area contributed by atoms with E-state index in [0.29, 0.717) is 30.2 Å². The summed E-state index contributed by atoms with van der Waals surface area (Å²) in [5.41, 5.74) is 5.01. The van der Waals surface area contributed by atoms with Crippen LogP contribution in [0.4, 0.5) is 10.2 Å². The summed E-state index contributed by atoms with van der Waals surface area (Å²) in [5.74, 6) is 0.771. The van der Waals surface area contributed by atoms with Crippen LogP contribution < -0.4 is 9.64 Å². The number of aromatic nitrogens is 3. The van der Waals surface area contributed by atoms with Gasteiger partial charge in [-0.3, -0.25) is 4.79 Å². The molecule has 0 spiro atoms. The van der Waals surface area contributed by atoms with Crippen LogP contribution in [0.1, 0.15) is 31.0 Å². The van der Waals surface area contributed by atoms with Crippen molar-refractivity contribution in [3.05, 3.63) is 77.8 Å². The first kappa shape index (κ1) is 27.0. The van der Waals surface area contributed by atoms with Crippen molar-refractivity contribution in [1.82, 2.24) is 14.6 Å². The van der Waals surface area contributed by atoms with Gasteiger partial charge in [-0.05, 0) is 62.6 Å². The highest BCUT2D eigenvalue weighted by atomic mass is 19.1. The number of esters is 1. The van der Waals surface area contributed by atoms with Gasteiger partial charge in [0.15, 0.2) is 5.65 Å². The number of halogens is 1. The third kappa shape index (κ3) is 5.41. The summed E-state index contributed by atoms with van der Waals surface area (Å²) in [5, 5.41) is 5.00. The Labute approximate surface area is 238 Å². The van der Waals surface area contributed by atoms with Gasteiger partial charge in [-0.15, -0.1) is 0 Å². The van der Waals surface area contributed by atoms with Crippen molar-refractivity contribution in [2.75, 3.05) is 38.3 Å². The zero-order valence-electron chi connectivity index (χ0n) is 23.5. The van der Waals surface area contributed by atoms with Crippen LogP contribution in [0.15, 0.2) is 60.7 Å². The smallest absolute Gasteiger partial charge is 0.310 e. The number of carbonyl (C=O) groups excluding carboxylic acids is 1. The van der Waals surface area contributed by atoms with Crippen molar-refractivity contribution >= 4 is 17.4 Å². The van der Waals surface area contributed by atoms with Crippen molar-refractivity contribution in [2.45, 2.75) is 38.7 Å². The van der Waals surface area contributed by atoms with Gasteiger partial charge in [0.1, 0.15) is 24.0 Å². The fourth-order valence-corrected chi connectivity index (χ4v) is 5.58. The van der Waals surface area contributed by atoms with Crippen LogP contribution in [0.5, 0.6) is 5.75 Å². The minimum atomic E-state index is -0.340. The number of hydrogen-bond donors (Lipinski definition) is 0. The zero-order chi connectivity index (χ0) is 28.6. The third-order valence-corrected chi connectivity index (χ3v) is 7.99. The minimum absolute atomic E-state index is 0.0999. The lowest BCUT2D eigenvalue weighted by molar-refractivity contribution is -0.139. The normalized spacial score (nSPS) is 17.3. The number of hydrogen-bond acceptors (Lipinski definition) is 7. The van der Waals surface area contributed by atoms with E-state index >= 15 is 0 Å². The summed E-state index contributed by atoms with van der Waals surface area (Å²) >= 11 is 0. The Hall–Kier alpha value is -4.24. The predicted octanol–water partition coefficient (Wildman–Crippen LogP) is 5.55. The molecule has 41 heavy (non-hydrogen) atoms. The minimum Gasteiger partial charge on any atom is -0.489 e. The number of rotatable bonds is 2. The summed E-state index contributed by atoms with van der Waals surface area (Å²) in [6.07, 6.45) is 5.62. The maximum atomic E-state index is 14.4. The van der Waals surface area contributed by atoms with Crippen LogP contribution in [0.3, 0.4) is 0 Å². The molecule has 5 heterocycles. The molecular weight excluding hydrogens is 523 g/mol. The van der Waals surface area contributed by atoms with E-state index in [1.54, 1.807) is 6.07 Å². The number of benzene rings is 2. The van der Waals surface area contributed by atoms with Crippen molar-refractivity contribution in [3.8, 4) is 28.1 Å². The van der Waals surface area contributed by atoms with E-state index in [1.807, 2.05) is 53.9 Å².